The van der Waals surface area contributed by atoms with E-state index in [0.29, 0.717) is 23.2 Å². The van der Waals surface area contributed by atoms with Crippen LogP contribution in [0.25, 0.3) is 11.4 Å². The fourth-order valence-corrected chi connectivity index (χ4v) is 2.17. The van der Waals surface area contributed by atoms with Gasteiger partial charge in [0, 0.05) is 11.5 Å². The molecule has 19 heavy (non-hydrogen) atoms. The summed E-state index contributed by atoms with van der Waals surface area (Å²) in [5.41, 5.74) is 1.11. The summed E-state index contributed by atoms with van der Waals surface area (Å²) >= 11 is 0. The molecular formula is C14H14N2O3. The van der Waals surface area contributed by atoms with Crippen molar-refractivity contribution < 1.29 is 14.4 Å². The zero-order valence-electron chi connectivity index (χ0n) is 10.8. The molecule has 0 radical (unpaired) electrons. The molecule has 1 aliphatic rings. The fraction of sp³-hybridized carbons (Fsp3) is 0.357. The van der Waals surface area contributed by atoms with Gasteiger partial charge >= 0.3 is 5.97 Å². The van der Waals surface area contributed by atoms with Crippen LogP contribution in [0.5, 0.6) is 0 Å². The Morgan fingerprint density at radius 2 is 2.21 bits per heavy atom. The van der Waals surface area contributed by atoms with Gasteiger partial charge in [-0.05, 0) is 24.0 Å². The van der Waals surface area contributed by atoms with Crippen molar-refractivity contribution in [3.63, 3.8) is 0 Å². The molecule has 1 atom stereocenters. The van der Waals surface area contributed by atoms with Crippen LogP contribution in [0.3, 0.4) is 0 Å². The molecule has 1 aliphatic carbocycles. The number of carboxylic acids is 1. The van der Waals surface area contributed by atoms with Gasteiger partial charge in [-0.15, -0.1) is 0 Å². The summed E-state index contributed by atoms with van der Waals surface area (Å²) in [6.07, 6.45) is 1.05. The first-order valence-electron chi connectivity index (χ1n) is 6.15. The van der Waals surface area contributed by atoms with Crippen molar-refractivity contribution in [1.82, 2.24) is 10.1 Å². The van der Waals surface area contributed by atoms with Crippen LogP contribution in [0.2, 0.25) is 0 Å². The topological polar surface area (TPSA) is 76.2 Å². The lowest BCUT2D eigenvalue weighted by molar-refractivity contribution is 0.0697. The van der Waals surface area contributed by atoms with Gasteiger partial charge in [0.15, 0.2) is 0 Å². The maximum Gasteiger partial charge on any atom is 0.335 e. The Morgan fingerprint density at radius 3 is 2.84 bits per heavy atom. The van der Waals surface area contributed by atoms with Crippen molar-refractivity contribution in [2.75, 3.05) is 0 Å². The number of carboxylic acid groups (broad SMARTS) is 1. The van der Waals surface area contributed by atoms with Crippen LogP contribution in [0.1, 0.15) is 42.4 Å². The number of benzene rings is 1. The molecule has 1 aromatic carbocycles. The summed E-state index contributed by atoms with van der Waals surface area (Å²) in [5.74, 6) is 0.437. The minimum atomic E-state index is -0.964. The second-order valence-electron chi connectivity index (χ2n) is 5.59. The quantitative estimate of drug-likeness (QED) is 0.915. The van der Waals surface area contributed by atoms with E-state index in [1.807, 2.05) is 0 Å². The van der Waals surface area contributed by atoms with Crippen LogP contribution in [0.15, 0.2) is 28.8 Å². The number of rotatable bonds is 3. The van der Waals surface area contributed by atoms with E-state index in [1.54, 1.807) is 18.2 Å². The van der Waals surface area contributed by atoms with Crippen LogP contribution < -0.4 is 0 Å². The molecule has 1 N–H and O–H groups in total. The first-order valence-corrected chi connectivity index (χ1v) is 6.15. The van der Waals surface area contributed by atoms with Gasteiger partial charge in [-0.25, -0.2) is 4.79 Å². The Kier molecular flexibility index (Phi) is 2.45. The van der Waals surface area contributed by atoms with Crippen molar-refractivity contribution in [3.8, 4) is 11.4 Å². The summed E-state index contributed by atoms with van der Waals surface area (Å²) in [6.45, 7) is 4.32. The average molecular weight is 258 g/mol. The predicted molar refractivity (Wildman–Crippen MR) is 67.8 cm³/mol. The van der Waals surface area contributed by atoms with Crippen molar-refractivity contribution in [2.45, 2.75) is 26.2 Å². The highest BCUT2D eigenvalue weighted by Gasteiger charge is 2.50. The van der Waals surface area contributed by atoms with Gasteiger partial charge in [0.1, 0.15) is 0 Å². The molecule has 0 spiro atoms. The Morgan fingerprint density at radius 1 is 1.47 bits per heavy atom. The minimum absolute atomic E-state index is 0.218. The van der Waals surface area contributed by atoms with Crippen LogP contribution >= 0.6 is 0 Å². The Labute approximate surface area is 110 Å². The van der Waals surface area contributed by atoms with Crippen LogP contribution in [-0.2, 0) is 0 Å². The minimum Gasteiger partial charge on any atom is -0.478 e. The summed E-state index contributed by atoms with van der Waals surface area (Å²) in [6, 6.07) is 6.54. The van der Waals surface area contributed by atoms with Gasteiger partial charge < -0.3 is 9.63 Å². The van der Waals surface area contributed by atoms with Gasteiger partial charge in [0.2, 0.25) is 11.7 Å². The number of carbonyl (C=O) groups is 1. The van der Waals surface area contributed by atoms with Gasteiger partial charge in [-0.1, -0.05) is 31.1 Å². The second kappa shape index (κ2) is 3.91. The Bertz CT molecular complexity index is 646. The van der Waals surface area contributed by atoms with E-state index in [2.05, 4.69) is 24.0 Å². The lowest BCUT2D eigenvalue weighted by atomic mass is 10.1. The predicted octanol–water partition coefficient (Wildman–Crippen LogP) is 2.95. The molecule has 5 nitrogen and oxygen atoms in total. The highest BCUT2D eigenvalue weighted by atomic mass is 16.5. The van der Waals surface area contributed by atoms with Crippen LogP contribution in [0, 0.1) is 5.41 Å². The Hall–Kier alpha value is -2.17. The third-order valence-corrected chi connectivity index (χ3v) is 3.62. The van der Waals surface area contributed by atoms with Crippen molar-refractivity contribution in [1.29, 1.82) is 0 Å². The van der Waals surface area contributed by atoms with Crippen LogP contribution in [0.4, 0.5) is 0 Å². The van der Waals surface area contributed by atoms with Gasteiger partial charge in [-0.3, -0.25) is 0 Å². The zero-order valence-corrected chi connectivity index (χ0v) is 10.8. The Balaban J connectivity index is 1.91. The highest BCUT2D eigenvalue weighted by Crippen LogP contribution is 2.58. The van der Waals surface area contributed by atoms with Gasteiger partial charge in [0.25, 0.3) is 0 Å². The molecule has 0 aliphatic heterocycles. The molecule has 0 amide bonds. The first kappa shape index (κ1) is 11.9. The lowest BCUT2D eigenvalue weighted by Crippen LogP contribution is -1.96. The summed E-state index contributed by atoms with van der Waals surface area (Å²) in [5, 5.41) is 12.9. The third-order valence-electron chi connectivity index (χ3n) is 3.62. The molecular weight excluding hydrogens is 244 g/mol. The fourth-order valence-electron chi connectivity index (χ4n) is 2.17. The standard InChI is InChI=1S/C14H14N2O3/c1-14(2)7-10(14)12-15-11(16-19-12)8-4-3-5-9(6-8)13(17)18/h3-6,10H,7H2,1-2H3,(H,17,18). The van der Waals surface area contributed by atoms with E-state index in [0.717, 1.165) is 6.42 Å². The summed E-state index contributed by atoms with van der Waals surface area (Å²) < 4.78 is 5.27. The lowest BCUT2D eigenvalue weighted by Gasteiger charge is -1.97. The smallest absolute Gasteiger partial charge is 0.335 e. The van der Waals surface area contributed by atoms with Crippen molar-refractivity contribution in [2.24, 2.45) is 5.41 Å². The number of hydrogen-bond acceptors (Lipinski definition) is 4. The van der Waals surface area contributed by atoms with Crippen molar-refractivity contribution >= 4 is 5.97 Å². The summed E-state index contributed by atoms with van der Waals surface area (Å²) in [4.78, 5) is 15.3. The SMILES string of the molecule is CC1(C)CC1c1nc(-c2cccc(C(=O)O)c2)no1. The van der Waals surface area contributed by atoms with Crippen LogP contribution in [-0.4, -0.2) is 21.2 Å². The number of aromatic carboxylic acids is 1. The molecule has 2 aromatic rings. The van der Waals surface area contributed by atoms with E-state index in [4.69, 9.17) is 9.63 Å². The summed E-state index contributed by atoms with van der Waals surface area (Å²) in [7, 11) is 0. The molecule has 3 rings (SSSR count). The molecule has 0 bridgehead atoms. The monoisotopic (exact) mass is 258 g/mol. The number of aromatic nitrogens is 2. The maximum absolute atomic E-state index is 10.9. The molecule has 1 saturated carbocycles. The van der Waals surface area contributed by atoms with E-state index in [9.17, 15) is 4.79 Å². The largest absolute Gasteiger partial charge is 0.478 e. The first-order chi connectivity index (χ1) is 8.97. The van der Waals surface area contributed by atoms with Gasteiger partial charge in [-0.2, -0.15) is 4.98 Å². The third kappa shape index (κ3) is 2.12. The second-order valence-corrected chi connectivity index (χ2v) is 5.59. The maximum atomic E-state index is 10.9. The molecule has 1 heterocycles. The highest BCUT2D eigenvalue weighted by molar-refractivity contribution is 5.89. The van der Waals surface area contributed by atoms with Crippen molar-refractivity contribution in [3.05, 3.63) is 35.7 Å². The molecule has 5 heteroatoms. The van der Waals surface area contributed by atoms with Gasteiger partial charge in [0.05, 0.1) is 5.56 Å². The average Bonchev–Trinajstić information content (AvgIpc) is 2.81. The normalized spacial score (nSPS) is 20.2. The van der Waals surface area contributed by atoms with E-state index >= 15 is 0 Å². The molecule has 1 fully saturated rings. The molecule has 98 valence electrons. The van der Waals surface area contributed by atoms with E-state index < -0.39 is 5.97 Å². The number of hydrogen-bond donors (Lipinski definition) is 1. The molecule has 1 unspecified atom stereocenters. The molecule has 0 saturated heterocycles. The molecule has 1 aromatic heterocycles. The van der Waals surface area contributed by atoms with E-state index in [1.165, 1.54) is 6.07 Å². The number of nitrogens with zero attached hydrogens (tertiary/aromatic N) is 2. The zero-order chi connectivity index (χ0) is 13.6. The van der Waals surface area contributed by atoms with E-state index in [-0.39, 0.29) is 11.0 Å².